The lowest BCUT2D eigenvalue weighted by Crippen LogP contribution is -2.65. The summed E-state index contributed by atoms with van der Waals surface area (Å²) in [6, 6.07) is 4.29. The molecule has 7 aliphatic rings. The average molecular weight is 541 g/mol. The smallest absolute Gasteiger partial charge is 0.452 e. The van der Waals surface area contributed by atoms with Gasteiger partial charge in [-0.3, -0.25) is 0 Å². The maximum atomic E-state index is 13.3. The molecule has 0 unspecified atom stereocenters. The molecule has 206 valence electrons. The minimum absolute atomic E-state index is 0.188. The normalized spacial score (nSPS) is 39.4. The molecule has 3 aliphatic heterocycles. The fraction of sp³-hybridized carbons (Fsp3) is 0.767. The van der Waals surface area contributed by atoms with Crippen LogP contribution in [0, 0.1) is 23.2 Å². The van der Waals surface area contributed by atoms with E-state index >= 15 is 0 Å². The second-order valence-corrected chi connectivity index (χ2v) is 15.3. The molecule has 2 saturated heterocycles. The molecule has 4 saturated carbocycles. The highest BCUT2D eigenvalue weighted by molar-refractivity contribution is 8.00. The van der Waals surface area contributed by atoms with E-state index in [1.54, 1.807) is 11.8 Å². The SMILES string of the molecule is C[C@@H](Sc1ccc([C@H]2C[C@H]2B2O[C@H]3C[C@H]4C[C@H](C4(C)C)[C@]3(C)O2)c2c1C(=O)OC(C)(C)O2)C1CCOCC1. The summed E-state index contributed by atoms with van der Waals surface area (Å²) in [5.41, 5.74) is 1.82. The van der Waals surface area contributed by atoms with Gasteiger partial charge in [-0.25, -0.2) is 4.79 Å². The number of hydrogen-bond acceptors (Lipinski definition) is 7. The van der Waals surface area contributed by atoms with Crippen molar-refractivity contribution in [3.63, 3.8) is 0 Å². The minimum atomic E-state index is -0.992. The van der Waals surface area contributed by atoms with Crippen LogP contribution in [0.15, 0.2) is 17.0 Å². The monoisotopic (exact) mass is 540 g/mol. The fourth-order valence-electron chi connectivity index (χ4n) is 8.25. The van der Waals surface area contributed by atoms with Crippen LogP contribution in [0.3, 0.4) is 0 Å². The van der Waals surface area contributed by atoms with E-state index in [2.05, 4.69) is 39.8 Å². The molecule has 0 aromatic heterocycles. The number of carbonyl (C=O) groups is 1. The van der Waals surface area contributed by atoms with Crippen LogP contribution in [0.25, 0.3) is 0 Å². The third-order valence-electron chi connectivity index (χ3n) is 10.8. The molecular formula is C30H41BO6S. The van der Waals surface area contributed by atoms with Gasteiger partial charge in [0.1, 0.15) is 11.3 Å². The predicted octanol–water partition coefficient (Wildman–Crippen LogP) is 6.46. The van der Waals surface area contributed by atoms with Crippen molar-refractivity contribution in [1.82, 2.24) is 0 Å². The number of benzene rings is 1. The Bertz CT molecular complexity index is 1150. The summed E-state index contributed by atoms with van der Waals surface area (Å²) >= 11 is 1.77. The number of carbonyl (C=O) groups excluding carboxylic acids is 1. The van der Waals surface area contributed by atoms with Gasteiger partial charge in [-0.05, 0) is 79.7 Å². The van der Waals surface area contributed by atoms with Gasteiger partial charge in [0.05, 0.1) is 11.7 Å². The molecule has 2 bridgehead atoms. The van der Waals surface area contributed by atoms with E-state index in [-0.39, 0.29) is 36.5 Å². The van der Waals surface area contributed by atoms with Crippen LogP contribution in [0.2, 0.25) is 5.82 Å². The van der Waals surface area contributed by atoms with Crippen molar-refractivity contribution < 1.29 is 28.3 Å². The zero-order valence-electron chi connectivity index (χ0n) is 23.6. The Kier molecular flexibility index (Phi) is 5.85. The van der Waals surface area contributed by atoms with E-state index in [1.165, 1.54) is 6.42 Å². The fourth-order valence-corrected chi connectivity index (χ4v) is 9.56. The summed E-state index contributed by atoms with van der Waals surface area (Å²) in [4.78, 5) is 14.3. The topological polar surface area (TPSA) is 63.2 Å². The van der Waals surface area contributed by atoms with Gasteiger partial charge >= 0.3 is 13.1 Å². The Balaban J connectivity index is 1.14. The lowest BCUT2D eigenvalue weighted by atomic mass is 9.43. The second kappa shape index (κ2) is 8.64. The second-order valence-electron chi connectivity index (χ2n) is 13.9. The molecule has 4 aliphatic carbocycles. The first-order valence-electron chi connectivity index (χ1n) is 14.6. The standard InChI is InChI=1S/C30H41BO6S/c1-16(17-9-11-33-12-10-17)38-22-8-7-19(26-25(22)27(32)35-29(4,5)34-26)20-15-21(20)31-36-24-14-18-13-23(28(18,2)3)30(24,6)37-31/h7-8,16-18,20-21,23-24H,9-15H2,1-6H3/t16-,18-,20-,21-,23-,24+,30+/m1/s1. The molecule has 0 amide bonds. The molecule has 8 heteroatoms. The summed E-state index contributed by atoms with van der Waals surface area (Å²) in [6.45, 7) is 14.6. The van der Waals surface area contributed by atoms with Crippen LogP contribution in [-0.4, -0.2) is 49.0 Å². The van der Waals surface area contributed by atoms with E-state index in [0.29, 0.717) is 33.8 Å². The van der Waals surface area contributed by atoms with Crippen molar-refractivity contribution in [3.8, 4) is 5.75 Å². The van der Waals surface area contributed by atoms with Gasteiger partial charge in [0, 0.05) is 43.0 Å². The van der Waals surface area contributed by atoms with Crippen LogP contribution in [0.5, 0.6) is 5.75 Å². The molecule has 6 nitrogen and oxygen atoms in total. The zero-order valence-corrected chi connectivity index (χ0v) is 24.4. The van der Waals surface area contributed by atoms with Crippen molar-refractivity contribution in [2.75, 3.05) is 13.2 Å². The van der Waals surface area contributed by atoms with Crippen molar-refractivity contribution in [3.05, 3.63) is 23.3 Å². The average Bonchev–Trinajstić information content (AvgIpc) is 3.56. The number of ether oxygens (including phenoxy) is 3. The largest absolute Gasteiger partial charge is 0.461 e. The van der Waals surface area contributed by atoms with Crippen molar-refractivity contribution in [2.24, 2.45) is 23.2 Å². The summed E-state index contributed by atoms with van der Waals surface area (Å²) in [5, 5.41) is 0.380. The number of esters is 1. The first-order chi connectivity index (χ1) is 18.0. The molecule has 6 fully saturated rings. The maximum Gasteiger partial charge on any atom is 0.461 e. The van der Waals surface area contributed by atoms with E-state index in [0.717, 1.165) is 55.3 Å². The Morgan fingerprint density at radius 3 is 2.53 bits per heavy atom. The molecule has 8 rings (SSSR count). The molecule has 1 aromatic carbocycles. The molecule has 3 heterocycles. The Morgan fingerprint density at radius 2 is 1.79 bits per heavy atom. The molecule has 0 N–H and O–H groups in total. The van der Waals surface area contributed by atoms with Crippen molar-refractivity contribution in [2.45, 2.75) is 113 Å². The highest BCUT2D eigenvalue weighted by atomic mass is 32.2. The lowest BCUT2D eigenvalue weighted by Gasteiger charge is -2.64. The van der Waals surface area contributed by atoms with Crippen LogP contribution in [-0.2, 0) is 18.8 Å². The molecule has 0 spiro atoms. The Hall–Kier alpha value is -1.22. The van der Waals surface area contributed by atoms with Crippen molar-refractivity contribution >= 4 is 24.8 Å². The van der Waals surface area contributed by atoms with E-state index < -0.39 is 5.79 Å². The third-order valence-corrected chi connectivity index (χ3v) is 12.2. The molecular weight excluding hydrogens is 499 g/mol. The maximum absolute atomic E-state index is 13.3. The quantitative estimate of drug-likeness (QED) is 0.241. The number of cyclic esters (lactones) is 1. The molecule has 7 atom stereocenters. The summed E-state index contributed by atoms with van der Waals surface area (Å²) in [7, 11) is -0.188. The van der Waals surface area contributed by atoms with E-state index in [1.807, 2.05) is 13.8 Å². The Labute approximate surface area is 231 Å². The summed E-state index contributed by atoms with van der Waals surface area (Å²) in [5.74, 6) is 1.84. The predicted molar refractivity (Wildman–Crippen MR) is 147 cm³/mol. The van der Waals surface area contributed by atoms with Gasteiger partial charge in [-0.2, -0.15) is 0 Å². The van der Waals surface area contributed by atoms with E-state index in [4.69, 9.17) is 23.5 Å². The van der Waals surface area contributed by atoms with Crippen LogP contribution < -0.4 is 4.74 Å². The van der Waals surface area contributed by atoms with Gasteiger partial charge in [-0.1, -0.05) is 26.8 Å². The zero-order chi connectivity index (χ0) is 26.6. The van der Waals surface area contributed by atoms with E-state index in [9.17, 15) is 4.79 Å². The highest BCUT2D eigenvalue weighted by Gasteiger charge is 2.70. The van der Waals surface area contributed by atoms with Gasteiger partial charge in [0.15, 0.2) is 0 Å². The Morgan fingerprint density at radius 1 is 1.03 bits per heavy atom. The van der Waals surface area contributed by atoms with Gasteiger partial charge in [0.25, 0.3) is 0 Å². The van der Waals surface area contributed by atoms with Crippen LogP contribution in [0.4, 0.5) is 0 Å². The van der Waals surface area contributed by atoms with Crippen LogP contribution in [0.1, 0.15) is 95.5 Å². The van der Waals surface area contributed by atoms with Crippen molar-refractivity contribution in [1.29, 1.82) is 0 Å². The number of hydrogen-bond donors (Lipinski definition) is 0. The first kappa shape index (κ1) is 25.7. The number of rotatable bonds is 5. The molecule has 1 aromatic rings. The summed E-state index contributed by atoms with van der Waals surface area (Å²) in [6.07, 6.45) is 5.66. The lowest BCUT2D eigenvalue weighted by molar-refractivity contribution is -0.199. The highest BCUT2D eigenvalue weighted by Crippen LogP contribution is 2.68. The molecule has 38 heavy (non-hydrogen) atoms. The van der Waals surface area contributed by atoms with Gasteiger partial charge in [0.2, 0.25) is 5.79 Å². The molecule has 0 radical (unpaired) electrons. The van der Waals surface area contributed by atoms with Gasteiger partial charge in [-0.15, -0.1) is 11.8 Å². The van der Waals surface area contributed by atoms with Crippen LogP contribution >= 0.6 is 11.8 Å². The first-order valence-corrected chi connectivity index (χ1v) is 15.5. The minimum Gasteiger partial charge on any atom is -0.452 e. The number of thioether (sulfide) groups is 1. The van der Waals surface area contributed by atoms with Gasteiger partial charge < -0.3 is 23.5 Å². The number of fused-ring (bicyclic) bond motifs is 1. The third kappa shape index (κ3) is 3.91. The summed E-state index contributed by atoms with van der Waals surface area (Å²) < 4.78 is 31.1.